The van der Waals surface area contributed by atoms with Crippen molar-refractivity contribution in [2.75, 3.05) is 22.9 Å². The van der Waals surface area contributed by atoms with Crippen LogP contribution in [0.1, 0.15) is 13.3 Å². The Morgan fingerprint density at radius 1 is 1.38 bits per heavy atom. The van der Waals surface area contributed by atoms with Crippen LogP contribution >= 0.6 is 23.1 Å². The van der Waals surface area contributed by atoms with Crippen molar-refractivity contribution in [2.45, 2.75) is 37.4 Å². The van der Waals surface area contributed by atoms with Gasteiger partial charge in [0.2, 0.25) is 5.91 Å². The zero-order chi connectivity index (χ0) is 26.7. The number of pyridine rings is 1. The Morgan fingerprint density at radius 3 is 2.73 bits per heavy atom. The molecule has 2 aliphatic rings. The first-order chi connectivity index (χ1) is 17.6. The maximum absolute atomic E-state index is 13.3. The number of carboxylic acid groups (broad SMARTS) is 2. The number of nitrogens with two attached hydrogens (primary N) is 1. The van der Waals surface area contributed by atoms with Crippen molar-refractivity contribution in [3.8, 4) is 0 Å². The maximum atomic E-state index is 13.3. The zero-order valence-electron chi connectivity index (χ0n) is 19.7. The highest BCUT2D eigenvalue weighted by molar-refractivity contribution is 8.00. The van der Waals surface area contributed by atoms with Gasteiger partial charge >= 0.3 is 11.9 Å². The number of thiazole rings is 1. The monoisotopic (exact) mass is 549 g/mol. The van der Waals surface area contributed by atoms with Crippen LogP contribution in [-0.2, 0) is 30.6 Å². The summed E-state index contributed by atoms with van der Waals surface area (Å²) in [6.07, 6.45) is 3.32. The predicted molar refractivity (Wildman–Crippen MR) is 134 cm³/mol. The number of amides is 2. The number of nitrogen functional groups attached to an aromatic ring is 1. The van der Waals surface area contributed by atoms with Gasteiger partial charge in [0, 0.05) is 29.8 Å². The summed E-state index contributed by atoms with van der Waals surface area (Å²) >= 11 is 2.38. The number of oxime groups is 1. The predicted octanol–water partition coefficient (Wildman–Crippen LogP) is 0.266. The van der Waals surface area contributed by atoms with E-state index in [4.69, 9.17) is 15.7 Å². The minimum atomic E-state index is -1.21. The molecule has 2 fully saturated rings. The van der Waals surface area contributed by atoms with Crippen LogP contribution in [0.15, 0.2) is 41.1 Å². The highest BCUT2D eigenvalue weighted by atomic mass is 32.2. The summed E-state index contributed by atoms with van der Waals surface area (Å²) in [5, 5.41) is 23.7. The molecule has 0 bridgehead atoms. The molecule has 37 heavy (non-hydrogen) atoms. The molecule has 0 spiro atoms. The topological polar surface area (TPSA) is 180 Å². The van der Waals surface area contributed by atoms with Crippen molar-refractivity contribution < 1.29 is 38.8 Å². The highest BCUT2D eigenvalue weighted by Gasteiger charge is 2.61. The van der Waals surface area contributed by atoms with Gasteiger partial charge in [0.1, 0.15) is 29.6 Å². The van der Waals surface area contributed by atoms with E-state index in [0.29, 0.717) is 0 Å². The van der Waals surface area contributed by atoms with Crippen molar-refractivity contribution >= 4 is 64.0 Å². The molecule has 2 saturated heterocycles. The molecule has 4 N–H and O–H groups in total. The number of hydrogen-bond acceptors (Lipinski definition) is 10. The number of anilines is 2. The third-order valence-corrected chi connectivity index (χ3v) is 8.21. The molecule has 2 aromatic heterocycles. The smallest absolute Gasteiger partial charge is 0.318 e. The molecule has 0 saturated carbocycles. The molecule has 2 amide bonds. The Morgan fingerprint density at radius 2 is 2.11 bits per heavy atom. The van der Waals surface area contributed by atoms with Crippen molar-refractivity contribution in [3.05, 3.63) is 36.0 Å². The van der Waals surface area contributed by atoms with Crippen molar-refractivity contribution in [3.63, 3.8) is 0 Å². The Labute approximate surface area is 219 Å². The largest absolute Gasteiger partial charge is 0.481 e. The summed E-state index contributed by atoms with van der Waals surface area (Å²) in [4.78, 5) is 61.3. The van der Waals surface area contributed by atoms with E-state index in [1.54, 1.807) is 29.1 Å². The van der Waals surface area contributed by atoms with E-state index in [-0.39, 0.29) is 36.2 Å². The fourth-order valence-electron chi connectivity index (χ4n) is 4.20. The number of aliphatic carboxylic acids is 2. The number of nitrogens with zero attached hydrogens (tertiary/aromatic N) is 5. The number of carboxylic acids is 2. The molecular formula is C22H25N6O7S2+. The number of thioether (sulfide) groups is 1. The lowest BCUT2D eigenvalue weighted by Gasteiger charge is -2.55. The van der Waals surface area contributed by atoms with Crippen LogP contribution in [0.2, 0.25) is 0 Å². The average molecular weight is 550 g/mol. The zero-order valence-corrected chi connectivity index (χ0v) is 21.3. The summed E-state index contributed by atoms with van der Waals surface area (Å²) in [6.45, 7) is 1.66. The van der Waals surface area contributed by atoms with Gasteiger partial charge in [-0.2, -0.15) is 0 Å². The van der Waals surface area contributed by atoms with Crippen LogP contribution in [0.3, 0.4) is 0 Å². The van der Waals surface area contributed by atoms with Crippen LogP contribution in [0.25, 0.3) is 0 Å². The average Bonchev–Trinajstić information content (AvgIpc) is 3.28. The second-order valence-corrected chi connectivity index (χ2v) is 10.7. The van der Waals surface area contributed by atoms with E-state index in [9.17, 15) is 24.3 Å². The fraction of sp³-hybridized carbons (Fsp3) is 0.409. The van der Waals surface area contributed by atoms with Gasteiger partial charge in [-0.3, -0.25) is 24.1 Å². The van der Waals surface area contributed by atoms with Crippen LogP contribution in [-0.4, -0.2) is 79.9 Å². The first-order valence-electron chi connectivity index (χ1n) is 11.2. The number of aromatic nitrogens is 2. The molecule has 4 rings (SSSR count). The first-order valence-corrected chi connectivity index (χ1v) is 13.1. The van der Waals surface area contributed by atoms with Crippen molar-refractivity contribution in [2.24, 2.45) is 10.6 Å². The van der Waals surface area contributed by atoms with E-state index in [1.165, 1.54) is 29.0 Å². The van der Waals surface area contributed by atoms with Gasteiger partial charge < -0.3 is 25.7 Å². The second kappa shape index (κ2) is 10.7. The van der Waals surface area contributed by atoms with Gasteiger partial charge in [-0.05, 0) is 6.92 Å². The number of hydrogen-bond donors (Lipinski definition) is 3. The van der Waals surface area contributed by atoms with Gasteiger partial charge in [0.05, 0.1) is 6.42 Å². The molecule has 0 aromatic carbocycles. The van der Waals surface area contributed by atoms with E-state index in [1.807, 2.05) is 6.07 Å². The minimum Gasteiger partial charge on any atom is -0.481 e. The summed E-state index contributed by atoms with van der Waals surface area (Å²) in [7, 11) is 0. The SMILES string of the molecule is CC(CC(=O)O)ON=CC(=O)N(c1csc(N)n1)[C@@H]1C(=O)N2CC(C[n+]3ccccc3)(C(=O)O)CS[C@H]12. The first kappa shape index (κ1) is 26.3. The lowest BCUT2D eigenvalue weighted by molar-refractivity contribution is -0.706. The third-order valence-electron chi connectivity index (χ3n) is 5.97. The Balaban J connectivity index is 1.53. The lowest BCUT2D eigenvalue weighted by atomic mass is 9.86. The van der Waals surface area contributed by atoms with Crippen LogP contribution in [0.5, 0.6) is 0 Å². The fourth-order valence-corrected chi connectivity index (χ4v) is 6.31. The van der Waals surface area contributed by atoms with Crippen LogP contribution < -0.4 is 15.2 Å². The number of fused-ring (bicyclic) bond motifs is 1. The maximum Gasteiger partial charge on any atom is 0.318 e. The minimum absolute atomic E-state index is 0.0115. The summed E-state index contributed by atoms with van der Waals surface area (Å²) in [5.74, 6) is -2.83. The molecular weight excluding hydrogens is 524 g/mol. The Bertz CT molecular complexity index is 1230. The van der Waals surface area contributed by atoms with E-state index < -0.39 is 46.7 Å². The number of carbonyl (C=O) groups excluding carboxylic acids is 2. The van der Waals surface area contributed by atoms with Crippen molar-refractivity contribution in [1.29, 1.82) is 0 Å². The van der Waals surface area contributed by atoms with Gasteiger partial charge in [-0.1, -0.05) is 11.2 Å². The summed E-state index contributed by atoms with van der Waals surface area (Å²) in [6, 6.07) is 4.49. The van der Waals surface area contributed by atoms with Gasteiger partial charge in [-0.25, -0.2) is 9.55 Å². The molecule has 2 aromatic rings. The Hall–Kier alpha value is -3.72. The van der Waals surface area contributed by atoms with Gasteiger partial charge in [-0.15, -0.1) is 23.1 Å². The standard InChI is InChI=1S/C22H24N6O7S2/c1-13(7-16(30)31)35-24-8-15(29)28(14-9-36-21(23)25-14)17-18(32)27-11-22(20(33)34,12-37-19(17)27)10-26-5-3-2-4-6-26/h2-6,8-9,13,17,19H,7,10-12H2,1H3,(H3-,23,25,30,31,33,34)/p+1/t13?,17-,19-,22?/m1/s1. The van der Waals surface area contributed by atoms with E-state index in [2.05, 4.69) is 10.1 Å². The Kier molecular flexibility index (Phi) is 7.63. The highest BCUT2D eigenvalue weighted by Crippen LogP contribution is 2.45. The molecule has 4 atom stereocenters. The number of carbonyl (C=O) groups is 4. The normalized spacial score (nSPS) is 23.7. The van der Waals surface area contributed by atoms with Crippen LogP contribution in [0.4, 0.5) is 10.9 Å². The van der Waals surface area contributed by atoms with Gasteiger partial charge in [0.15, 0.2) is 29.5 Å². The molecule has 196 valence electrons. The second-order valence-electron chi connectivity index (χ2n) is 8.75. The van der Waals surface area contributed by atoms with Crippen molar-refractivity contribution in [1.82, 2.24) is 9.88 Å². The molecule has 13 nitrogen and oxygen atoms in total. The van der Waals surface area contributed by atoms with Crippen LogP contribution in [0, 0.1) is 5.41 Å². The number of rotatable bonds is 10. The number of β-lactam (4-membered cyclic amide) rings is 1. The summed E-state index contributed by atoms with van der Waals surface area (Å²) in [5.41, 5.74) is 4.55. The third kappa shape index (κ3) is 5.51. The molecule has 4 heterocycles. The molecule has 15 heteroatoms. The van der Waals surface area contributed by atoms with E-state index >= 15 is 0 Å². The van der Waals surface area contributed by atoms with E-state index in [0.717, 1.165) is 22.5 Å². The van der Waals surface area contributed by atoms with Gasteiger partial charge in [0.25, 0.3) is 5.91 Å². The molecule has 2 aliphatic heterocycles. The molecule has 0 aliphatic carbocycles. The lowest BCUT2D eigenvalue weighted by Crippen LogP contribution is -2.75. The molecule has 0 radical (unpaired) electrons. The summed E-state index contributed by atoms with van der Waals surface area (Å²) < 4.78 is 1.77. The molecule has 2 unspecified atom stereocenters. The quantitative estimate of drug-likeness (QED) is 0.161.